The summed E-state index contributed by atoms with van der Waals surface area (Å²) >= 11 is 5.54. The van der Waals surface area contributed by atoms with Crippen LogP contribution in [0, 0.1) is 0 Å². The van der Waals surface area contributed by atoms with Gasteiger partial charge in [-0.25, -0.2) is 0 Å². The molecule has 1 atom stereocenters. The van der Waals surface area contributed by atoms with E-state index in [4.69, 9.17) is 11.6 Å². The highest BCUT2D eigenvalue weighted by Crippen LogP contribution is 2.36. The normalized spacial score (nSPS) is 18.1. The summed E-state index contributed by atoms with van der Waals surface area (Å²) in [6, 6.07) is 3.23. The summed E-state index contributed by atoms with van der Waals surface area (Å²) in [5.74, 6) is -0.935. The average molecular weight is 377 g/mol. The van der Waals surface area contributed by atoms with Crippen LogP contribution in [0.25, 0.3) is 0 Å². The van der Waals surface area contributed by atoms with Crippen molar-refractivity contribution >= 4 is 29.1 Å². The number of likely N-dealkylation sites (tertiary alicyclic amines) is 1. The van der Waals surface area contributed by atoms with E-state index in [0.717, 1.165) is 37.8 Å². The van der Waals surface area contributed by atoms with Crippen molar-refractivity contribution in [3.8, 4) is 0 Å². The lowest BCUT2D eigenvalue weighted by atomic mass is 9.99. The lowest BCUT2D eigenvalue weighted by molar-refractivity contribution is -0.139. The largest absolute Gasteiger partial charge is 0.417 e. The maximum atomic E-state index is 12.8. The maximum absolute atomic E-state index is 12.8. The maximum Gasteiger partial charge on any atom is 0.417 e. The molecule has 2 amide bonds. The third kappa shape index (κ3) is 5.11. The van der Waals surface area contributed by atoms with E-state index < -0.39 is 22.7 Å². The van der Waals surface area contributed by atoms with Gasteiger partial charge >= 0.3 is 6.18 Å². The number of nitrogens with zero attached hydrogens (tertiary/aromatic N) is 1. The summed E-state index contributed by atoms with van der Waals surface area (Å²) in [5, 5.41) is 1.90. The number of hydrogen-bond donors (Lipinski definition) is 1. The van der Waals surface area contributed by atoms with Gasteiger partial charge in [0.15, 0.2) is 0 Å². The molecule has 8 heteroatoms. The summed E-state index contributed by atoms with van der Waals surface area (Å²) in [6.07, 6.45) is -1.32. The predicted octanol–water partition coefficient (Wildman–Crippen LogP) is 4.48. The lowest BCUT2D eigenvalue weighted by Crippen LogP contribution is -2.44. The molecule has 138 valence electrons. The van der Waals surface area contributed by atoms with Gasteiger partial charge in [0.1, 0.15) is 6.42 Å². The van der Waals surface area contributed by atoms with E-state index in [1.165, 1.54) is 6.07 Å². The number of alkyl halides is 3. The van der Waals surface area contributed by atoms with Crippen molar-refractivity contribution in [2.24, 2.45) is 0 Å². The minimum atomic E-state index is -4.62. The van der Waals surface area contributed by atoms with Gasteiger partial charge in [-0.1, -0.05) is 18.5 Å². The van der Waals surface area contributed by atoms with Crippen LogP contribution in [-0.4, -0.2) is 29.3 Å². The molecule has 0 aromatic heterocycles. The summed E-state index contributed by atoms with van der Waals surface area (Å²) in [4.78, 5) is 26.0. The number of nitrogens with one attached hydrogen (secondary N) is 1. The van der Waals surface area contributed by atoms with Crippen LogP contribution < -0.4 is 5.32 Å². The topological polar surface area (TPSA) is 49.4 Å². The first-order valence-electron chi connectivity index (χ1n) is 8.18. The smallest absolute Gasteiger partial charge is 0.339 e. The van der Waals surface area contributed by atoms with Crippen LogP contribution in [0.5, 0.6) is 0 Å². The molecule has 1 aliphatic rings. The number of rotatable bonds is 4. The zero-order valence-corrected chi connectivity index (χ0v) is 14.6. The molecule has 1 heterocycles. The second kappa shape index (κ2) is 8.08. The monoisotopic (exact) mass is 376 g/mol. The number of anilines is 1. The van der Waals surface area contributed by atoms with Crippen LogP contribution in [0.4, 0.5) is 18.9 Å². The molecule has 4 nitrogen and oxygen atoms in total. The van der Waals surface area contributed by atoms with Gasteiger partial charge in [-0.15, -0.1) is 0 Å². The summed E-state index contributed by atoms with van der Waals surface area (Å²) < 4.78 is 38.5. The second-order valence-corrected chi connectivity index (χ2v) is 6.47. The number of benzene rings is 1. The average Bonchev–Trinajstić information content (AvgIpc) is 2.55. The number of amides is 2. The van der Waals surface area contributed by atoms with Gasteiger partial charge in [-0.3, -0.25) is 9.59 Å². The van der Waals surface area contributed by atoms with Crippen LogP contribution in [0.2, 0.25) is 5.02 Å². The van der Waals surface area contributed by atoms with E-state index in [0.29, 0.717) is 6.54 Å². The van der Waals surface area contributed by atoms with Gasteiger partial charge in [0, 0.05) is 18.3 Å². The lowest BCUT2D eigenvalue weighted by Gasteiger charge is -2.35. The summed E-state index contributed by atoms with van der Waals surface area (Å²) in [6.45, 7) is 2.60. The molecule has 1 unspecified atom stereocenters. The van der Waals surface area contributed by atoms with Crippen LogP contribution in [-0.2, 0) is 15.8 Å². The third-order valence-corrected chi connectivity index (χ3v) is 4.62. The number of hydrogen-bond acceptors (Lipinski definition) is 2. The molecule has 1 saturated heterocycles. The Balaban J connectivity index is 2.01. The molecule has 0 aliphatic carbocycles. The van der Waals surface area contributed by atoms with Crippen molar-refractivity contribution in [3.63, 3.8) is 0 Å². The van der Waals surface area contributed by atoms with Gasteiger partial charge < -0.3 is 10.2 Å². The molecular weight excluding hydrogens is 357 g/mol. The van der Waals surface area contributed by atoms with E-state index in [1.54, 1.807) is 4.90 Å². The summed E-state index contributed by atoms with van der Waals surface area (Å²) in [7, 11) is 0. The molecule has 1 N–H and O–H groups in total. The number of piperidine rings is 1. The van der Waals surface area contributed by atoms with Gasteiger partial charge in [-0.05, 0) is 43.9 Å². The third-order valence-electron chi connectivity index (χ3n) is 4.29. The molecule has 25 heavy (non-hydrogen) atoms. The first kappa shape index (κ1) is 19.6. The molecule has 1 aliphatic heterocycles. The van der Waals surface area contributed by atoms with Crippen LogP contribution in [0.3, 0.4) is 0 Å². The Labute approximate surface area is 149 Å². The Kier molecular flexibility index (Phi) is 6.32. The number of carbonyl (C=O) groups is 2. The Morgan fingerprint density at radius 2 is 2.04 bits per heavy atom. The number of carbonyl (C=O) groups excluding carboxylic acids is 2. The fourth-order valence-corrected chi connectivity index (χ4v) is 3.24. The fourth-order valence-electron chi connectivity index (χ4n) is 3.02. The van der Waals surface area contributed by atoms with Crippen molar-refractivity contribution in [1.82, 2.24) is 4.90 Å². The van der Waals surface area contributed by atoms with Crippen molar-refractivity contribution in [2.75, 3.05) is 11.9 Å². The van der Waals surface area contributed by atoms with Crippen LogP contribution >= 0.6 is 11.6 Å². The molecule has 0 spiro atoms. The molecular formula is C17H20ClF3N2O2. The van der Waals surface area contributed by atoms with E-state index in [1.807, 2.05) is 6.92 Å². The summed E-state index contributed by atoms with van der Waals surface area (Å²) in [5.41, 5.74) is -1.07. The highest BCUT2D eigenvalue weighted by Gasteiger charge is 2.33. The van der Waals surface area contributed by atoms with E-state index in [-0.39, 0.29) is 24.1 Å². The number of halogens is 4. The quantitative estimate of drug-likeness (QED) is 0.788. The minimum Gasteiger partial charge on any atom is -0.339 e. The SMILES string of the molecule is CCC1CCCCN1C(=O)CC(=O)Nc1ccc(Cl)c(C(F)(F)F)c1. The van der Waals surface area contributed by atoms with E-state index >= 15 is 0 Å². The molecule has 2 rings (SSSR count). The zero-order valence-electron chi connectivity index (χ0n) is 13.8. The van der Waals surface area contributed by atoms with Crippen LogP contribution in [0.15, 0.2) is 18.2 Å². The Bertz CT molecular complexity index is 649. The fraction of sp³-hybridized carbons (Fsp3) is 0.529. The Morgan fingerprint density at radius 1 is 1.32 bits per heavy atom. The van der Waals surface area contributed by atoms with Crippen molar-refractivity contribution < 1.29 is 22.8 Å². The molecule has 1 aromatic rings. The van der Waals surface area contributed by atoms with Gasteiger partial charge in [-0.2, -0.15) is 13.2 Å². The van der Waals surface area contributed by atoms with Crippen molar-refractivity contribution in [3.05, 3.63) is 28.8 Å². The van der Waals surface area contributed by atoms with Crippen molar-refractivity contribution in [2.45, 2.75) is 51.2 Å². The molecule has 0 saturated carbocycles. The standard InChI is InChI=1S/C17H20ClF3N2O2/c1-2-12-5-3-4-8-23(12)16(25)10-15(24)22-11-6-7-14(18)13(9-11)17(19,20)21/h6-7,9,12H,2-5,8,10H2,1H3,(H,22,24). The first-order chi connectivity index (χ1) is 11.7. The van der Waals surface area contributed by atoms with Crippen molar-refractivity contribution in [1.29, 1.82) is 0 Å². The van der Waals surface area contributed by atoms with Gasteiger partial charge in [0.05, 0.1) is 10.6 Å². The highest BCUT2D eigenvalue weighted by atomic mass is 35.5. The first-order valence-corrected chi connectivity index (χ1v) is 8.56. The second-order valence-electron chi connectivity index (χ2n) is 6.06. The highest BCUT2D eigenvalue weighted by molar-refractivity contribution is 6.31. The molecule has 0 bridgehead atoms. The minimum absolute atomic E-state index is 0.0415. The van der Waals surface area contributed by atoms with Gasteiger partial charge in [0.2, 0.25) is 11.8 Å². The van der Waals surface area contributed by atoms with Gasteiger partial charge in [0.25, 0.3) is 0 Å². The molecule has 0 radical (unpaired) electrons. The van der Waals surface area contributed by atoms with Crippen LogP contribution in [0.1, 0.15) is 44.6 Å². The molecule has 1 aromatic carbocycles. The van der Waals surface area contributed by atoms with E-state index in [2.05, 4.69) is 5.32 Å². The predicted molar refractivity (Wildman–Crippen MR) is 89.3 cm³/mol. The van der Waals surface area contributed by atoms with E-state index in [9.17, 15) is 22.8 Å². The zero-order chi connectivity index (χ0) is 18.6. The molecule has 1 fully saturated rings. The Morgan fingerprint density at radius 3 is 2.68 bits per heavy atom. The Hall–Kier alpha value is -1.76.